The number of amides is 1. The second kappa shape index (κ2) is 9.10. The third-order valence-electron chi connectivity index (χ3n) is 4.60. The Morgan fingerprint density at radius 1 is 0.964 bits per heavy atom. The summed E-state index contributed by atoms with van der Waals surface area (Å²) in [6.45, 7) is 5.38. The molecule has 152 valence electrons. The summed E-state index contributed by atoms with van der Waals surface area (Å²) in [5.41, 5.74) is 0.839. The molecule has 2 rings (SSSR count). The summed E-state index contributed by atoms with van der Waals surface area (Å²) < 4.78 is 43.3. The molecular weight excluding hydrogens is 369 g/mol. The lowest BCUT2D eigenvalue weighted by Crippen LogP contribution is -2.43. The predicted molar refractivity (Wildman–Crippen MR) is 102 cm³/mol. The Labute approximate surface area is 163 Å². The predicted octanol–water partition coefficient (Wildman–Crippen LogP) is 4.63. The summed E-state index contributed by atoms with van der Waals surface area (Å²) >= 11 is 0. The zero-order chi connectivity index (χ0) is 20.9. The maximum Gasteiger partial charge on any atom is 0.416 e. The molecule has 2 aromatic carbocycles. The number of alkyl halides is 3. The zero-order valence-electron chi connectivity index (χ0n) is 16.3. The third kappa shape index (κ3) is 5.48. The van der Waals surface area contributed by atoms with Crippen molar-refractivity contribution in [3.05, 3.63) is 65.2 Å². The van der Waals surface area contributed by atoms with Gasteiger partial charge in [-0.1, -0.05) is 30.3 Å². The SMILES string of the molecule is COc1ccccc1C(C)NC(=O)C(C)NC(C)c1ccc(C(F)(F)F)cc1. The molecule has 4 nitrogen and oxygen atoms in total. The van der Waals surface area contributed by atoms with Crippen molar-refractivity contribution < 1.29 is 22.7 Å². The number of nitrogens with one attached hydrogen (secondary N) is 2. The topological polar surface area (TPSA) is 50.4 Å². The fraction of sp³-hybridized carbons (Fsp3) is 0.381. The van der Waals surface area contributed by atoms with Crippen molar-refractivity contribution in [3.8, 4) is 5.75 Å². The summed E-state index contributed by atoms with van der Waals surface area (Å²) in [6, 6.07) is 11.3. The molecule has 3 unspecified atom stereocenters. The Balaban J connectivity index is 1.97. The fourth-order valence-corrected chi connectivity index (χ4v) is 2.95. The van der Waals surface area contributed by atoms with E-state index in [1.165, 1.54) is 12.1 Å². The smallest absolute Gasteiger partial charge is 0.416 e. The molecule has 0 aromatic heterocycles. The Morgan fingerprint density at radius 3 is 2.14 bits per heavy atom. The first-order valence-corrected chi connectivity index (χ1v) is 9.00. The van der Waals surface area contributed by atoms with Crippen LogP contribution in [0.25, 0.3) is 0 Å². The monoisotopic (exact) mass is 394 g/mol. The van der Waals surface area contributed by atoms with Crippen molar-refractivity contribution >= 4 is 5.91 Å². The van der Waals surface area contributed by atoms with E-state index in [0.717, 1.165) is 17.7 Å². The average Bonchev–Trinajstić information content (AvgIpc) is 2.67. The highest BCUT2D eigenvalue weighted by Gasteiger charge is 2.30. The van der Waals surface area contributed by atoms with E-state index >= 15 is 0 Å². The van der Waals surface area contributed by atoms with Gasteiger partial charge in [0.1, 0.15) is 5.75 Å². The van der Waals surface area contributed by atoms with E-state index in [1.807, 2.05) is 31.2 Å². The van der Waals surface area contributed by atoms with Gasteiger partial charge in [-0.05, 0) is 44.5 Å². The van der Waals surface area contributed by atoms with Crippen LogP contribution in [0.5, 0.6) is 5.75 Å². The molecule has 0 radical (unpaired) electrons. The molecule has 0 aliphatic heterocycles. The number of carbonyl (C=O) groups is 1. The van der Waals surface area contributed by atoms with Crippen LogP contribution in [0.1, 0.15) is 49.5 Å². The number of halogens is 3. The van der Waals surface area contributed by atoms with Crippen molar-refractivity contribution in [1.29, 1.82) is 0 Å². The minimum atomic E-state index is -4.36. The third-order valence-corrected chi connectivity index (χ3v) is 4.60. The van der Waals surface area contributed by atoms with Crippen LogP contribution < -0.4 is 15.4 Å². The fourth-order valence-electron chi connectivity index (χ4n) is 2.95. The van der Waals surface area contributed by atoms with Gasteiger partial charge >= 0.3 is 6.18 Å². The van der Waals surface area contributed by atoms with E-state index in [9.17, 15) is 18.0 Å². The minimum absolute atomic E-state index is 0.211. The lowest BCUT2D eigenvalue weighted by Gasteiger charge is -2.23. The van der Waals surface area contributed by atoms with Crippen LogP contribution in [-0.4, -0.2) is 19.1 Å². The number of hydrogen-bond donors (Lipinski definition) is 2. The molecule has 0 saturated heterocycles. The van der Waals surface area contributed by atoms with Crippen LogP contribution in [0.3, 0.4) is 0 Å². The number of rotatable bonds is 7. The van der Waals surface area contributed by atoms with Gasteiger partial charge in [0.15, 0.2) is 0 Å². The Kier molecular flexibility index (Phi) is 7.07. The van der Waals surface area contributed by atoms with Crippen molar-refractivity contribution in [2.45, 2.75) is 45.1 Å². The van der Waals surface area contributed by atoms with E-state index in [0.29, 0.717) is 11.3 Å². The van der Waals surface area contributed by atoms with Crippen molar-refractivity contribution in [1.82, 2.24) is 10.6 Å². The second-order valence-electron chi connectivity index (χ2n) is 6.70. The molecule has 0 bridgehead atoms. The van der Waals surface area contributed by atoms with Gasteiger partial charge in [-0.2, -0.15) is 13.2 Å². The standard InChI is InChI=1S/C21H25F3N2O2/c1-13(16-9-11-17(12-10-16)21(22,23)24)25-15(3)20(27)26-14(2)18-7-5-6-8-19(18)28-4/h5-15,25H,1-4H3,(H,26,27). The number of carbonyl (C=O) groups excluding carboxylic acids is 1. The van der Waals surface area contributed by atoms with Crippen LogP contribution in [0.4, 0.5) is 13.2 Å². The van der Waals surface area contributed by atoms with Gasteiger partial charge in [-0.15, -0.1) is 0 Å². The first-order chi connectivity index (χ1) is 13.1. The van der Waals surface area contributed by atoms with E-state index in [2.05, 4.69) is 10.6 Å². The lowest BCUT2D eigenvalue weighted by molar-refractivity contribution is -0.137. The van der Waals surface area contributed by atoms with E-state index in [1.54, 1.807) is 21.0 Å². The first kappa shape index (κ1) is 21.8. The largest absolute Gasteiger partial charge is 0.496 e. The van der Waals surface area contributed by atoms with Gasteiger partial charge < -0.3 is 10.1 Å². The number of methoxy groups -OCH3 is 1. The van der Waals surface area contributed by atoms with Crippen LogP contribution in [0, 0.1) is 0 Å². The van der Waals surface area contributed by atoms with Crippen molar-refractivity contribution in [2.24, 2.45) is 0 Å². The van der Waals surface area contributed by atoms with Crippen LogP contribution >= 0.6 is 0 Å². The van der Waals surface area contributed by atoms with Crippen LogP contribution in [0.15, 0.2) is 48.5 Å². The lowest BCUT2D eigenvalue weighted by atomic mass is 10.0. The number of benzene rings is 2. The number of para-hydroxylation sites is 1. The molecule has 7 heteroatoms. The van der Waals surface area contributed by atoms with Crippen molar-refractivity contribution in [2.75, 3.05) is 7.11 Å². The highest BCUT2D eigenvalue weighted by molar-refractivity contribution is 5.81. The van der Waals surface area contributed by atoms with Crippen molar-refractivity contribution in [3.63, 3.8) is 0 Å². The van der Waals surface area contributed by atoms with Gasteiger partial charge in [0.2, 0.25) is 5.91 Å². The van der Waals surface area contributed by atoms with Crippen LogP contribution in [0.2, 0.25) is 0 Å². The maximum absolute atomic E-state index is 12.7. The molecule has 0 spiro atoms. The van der Waals surface area contributed by atoms with Gasteiger partial charge in [-0.3, -0.25) is 10.1 Å². The molecule has 2 aromatic rings. The molecule has 0 fully saturated rings. The summed E-state index contributed by atoms with van der Waals surface area (Å²) in [6.07, 6.45) is -4.36. The first-order valence-electron chi connectivity index (χ1n) is 9.00. The Bertz CT molecular complexity index is 791. The molecule has 0 aliphatic rings. The molecule has 0 heterocycles. The highest BCUT2D eigenvalue weighted by Crippen LogP contribution is 2.30. The molecule has 2 N–H and O–H groups in total. The Hall–Kier alpha value is -2.54. The van der Waals surface area contributed by atoms with E-state index < -0.39 is 17.8 Å². The van der Waals surface area contributed by atoms with E-state index in [4.69, 9.17) is 4.74 Å². The van der Waals surface area contributed by atoms with Gasteiger partial charge in [-0.25, -0.2) is 0 Å². The summed E-state index contributed by atoms with van der Waals surface area (Å²) in [5, 5.41) is 6.04. The molecule has 3 atom stereocenters. The highest BCUT2D eigenvalue weighted by atomic mass is 19.4. The van der Waals surface area contributed by atoms with Gasteiger partial charge in [0, 0.05) is 11.6 Å². The molecule has 0 aliphatic carbocycles. The maximum atomic E-state index is 12.7. The molecular formula is C21H25F3N2O2. The summed E-state index contributed by atoms with van der Waals surface area (Å²) in [7, 11) is 1.57. The van der Waals surface area contributed by atoms with Gasteiger partial charge in [0.05, 0.1) is 24.8 Å². The molecule has 0 saturated carbocycles. The quantitative estimate of drug-likeness (QED) is 0.720. The average molecular weight is 394 g/mol. The minimum Gasteiger partial charge on any atom is -0.496 e. The van der Waals surface area contributed by atoms with E-state index in [-0.39, 0.29) is 18.0 Å². The Morgan fingerprint density at radius 2 is 1.57 bits per heavy atom. The number of hydrogen-bond acceptors (Lipinski definition) is 3. The molecule has 1 amide bonds. The summed E-state index contributed by atoms with van der Waals surface area (Å²) in [4.78, 5) is 12.5. The second-order valence-corrected chi connectivity index (χ2v) is 6.70. The number of ether oxygens (including phenoxy) is 1. The zero-order valence-corrected chi connectivity index (χ0v) is 16.3. The summed E-state index contributed by atoms with van der Waals surface area (Å²) in [5.74, 6) is 0.478. The molecule has 28 heavy (non-hydrogen) atoms. The van der Waals surface area contributed by atoms with Crippen LogP contribution in [-0.2, 0) is 11.0 Å². The van der Waals surface area contributed by atoms with Gasteiger partial charge in [0.25, 0.3) is 0 Å². The normalized spacial score (nSPS) is 14.8.